The van der Waals surface area contributed by atoms with Gasteiger partial charge in [-0.1, -0.05) is 23.8 Å². The van der Waals surface area contributed by atoms with Crippen LogP contribution in [0.2, 0.25) is 0 Å². The molecule has 0 unspecified atom stereocenters. The van der Waals surface area contributed by atoms with Gasteiger partial charge in [-0.2, -0.15) is 0 Å². The van der Waals surface area contributed by atoms with Gasteiger partial charge in [0, 0.05) is 23.0 Å². The van der Waals surface area contributed by atoms with E-state index in [1.54, 1.807) is 4.90 Å². The number of Topliss-reactive ketones (excluding diaryl/α,β-unsaturated/α-hetero) is 1. The Morgan fingerprint density at radius 1 is 1.35 bits per heavy atom. The summed E-state index contributed by atoms with van der Waals surface area (Å²) in [5.74, 6) is -0.671. The Bertz CT molecular complexity index is 992. The summed E-state index contributed by atoms with van der Waals surface area (Å²) in [5, 5.41) is 10.5. The molecule has 0 saturated carbocycles. The van der Waals surface area contributed by atoms with Gasteiger partial charge in [-0.25, -0.2) is 0 Å². The van der Waals surface area contributed by atoms with Gasteiger partial charge in [-0.3, -0.25) is 9.59 Å². The van der Waals surface area contributed by atoms with E-state index in [1.807, 2.05) is 19.1 Å². The van der Waals surface area contributed by atoms with Gasteiger partial charge in [-0.15, -0.1) is 0 Å². The van der Waals surface area contributed by atoms with E-state index in [9.17, 15) is 14.7 Å². The van der Waals surface area contributed by atoms with E-state index in [-0.39, 0.29) is 23.3 Å². The van der Waals surface area contributed by atoms with Crippen LogP contribution in [-0.2, 0) is 22.4 Å². The van der Waals surface area contributed by atoms with Crippen LogP contribution >= 0.6 is 0 Å². The molecule has 1 aromatic heterocycles. The Labute approximate surface area is 152 Å². The van der Waals surface area contributed by atoms with Crippen LogP contribution in [0.4, 0.5) is 0 Å². The van der Waals surface area contributed by atoms with Crippen molar-refractivity contribution in [2.24, 2.45) is 0 Å². The van der Waals surface area contributed by atoms with Gasteiger partial charge in [0.1, 0.15) is 11.6 Å². The molecular weight excluding hydrogens is 328 g/mol. The average molecular weight is 350 g/mol. The van der Waals surface area contributed by atoms with Crippen molar-refractivity contribution in [1.29, 1.82) is 0 Å². The van der Waals surface area contributed by atoms with Crippen LogP contribution in [0.3, 0.4) is 0 Å². The summed E-state index contributed by atoms with van der Waals surface area (Å²) in [6.07, 6.45) is 4.17. The summed E-state index contributed by atoms with van der Waals surface area (Å²) in [7, 11) is 0. The number of allylic oxidation sites excluding steroid dienone is 2. The number of fused-ring (bicyclic) bond motifs is 4. The van der Waals surface area contributed by atoms with Crippen LogP contribution in [-0.4, -0.2) is 32.7 Å². The van der Waals surface area contributed by atoms with Crippen LogP contribution in [0.5, 0.6) is 0 Å². The average Bonchev–Trinajstić information content (AvgIpc) is 3.10. The number of hydrogen-bond donors (Lipinski definition) is 2. The number of benzene rings is 1. The Morgan fingerprint density at radius 3 is 2.81 bits per heavy atom. The number of aromatic nitrogens is 1. The molecule has 4 rings (SSSR count). The van der Waals surface area contributed by atoms with Crippen molar-refractivity contribution in [3.8, 4) is 0 Å². The van der Waals surface area contributed by atoms with Gasteiger partial charge >= 0.3 is 0 Å². The number of rotatable bonds is 2. The third-order valence-electron chi connectivity index (χ3n) is 5.51. The molecule has 0 radical (unpaired) electrons. The number of nitrogens with one attached hydrogen (secondary N) is 1. The highest BCUT2D eigenvalue weighted by Crippen LogP contribution is 2.42. The van der Waals surface area contributed by atoms with Crippen molar-refractivity contribution in [2.45, 2.75) is 45.7 Å². The number of aliphatic hydroxyl groups excluding tert-OH is 1. The van der Waals surface area contributed by atoms with Crippen molar-refractivity contribution in [3.63, 3.8) is 0 Å². The van der Waals surface area contributed by atoms with Crippen molar-refractivity contribution >= 4 is 22.6 Å². The lowest BCUT2D eigenvalue weighted by Crippen LogP contribution is -2.42. The molecule has 1 amide bonds. The predicted octanol–water partition coefficient (Wildman–Crippen LogP) is 3.52. The van der Waals surface area contributed by atoms with E-state index in [1.165, 1.54) is 11.1 Å². The zero-order valence-electron chi connectivity index (χ0n) is 15.2. The number of amides is 1. The van der Waals surface area contributed by atoms with Crippen molar-refractivity contribution in [1.82, 2.24) is 9.88 Å². The van der Waals surface area contributed by atoms with E-state index in [0.29, 0.717) is 12.7 Å². The van der Waals surface area contributed by atoms with Gasteiger partial charge in [-0.05, 0) is 44.4 Å². The fourth-order valence-electron chi connectivity index (χ4n) is 4.25. The number of aliphatic hydroxyl groups is 1. The van der Waals surface area contributed by atoms with Crippen molar-refractivity contribution in [3.05, 3.63) is 58.5 Å². The first-order valence-electron chi connectivity index (χ1n) is 8.91. The minimum Gasteiger partial charge on any atom is -0.515 e. The standard InChI is InChI=1S/C21H22N2O3/c1-11(2)7-8-13-5-4-6-16-18(13)14-9-17-20(25)15(10-24)21(26)23(17)12(3)19(14)22-16/h4-7,10,12,17,22,24H,8-9H2,1-3H3/b15-10+/t12-,17+/m0/s1. The molecule has 0 spiro atoms. The number of carbonyl (C=O) groups is 2. The van der Waals surface area contributed by atoms with Crippen LogP contribution < -0.4 is 0 Å². The molecule has 0 aliphatic carbocycles. The first kappa shape index (κ1) is 16.6. The molecule has 2 N–H and O–H groups in total. The second kappa shape index (κ2) is 5.87. The Kier molecular flexibility index (Phi) is 3.75. The second-order valence-corrected chi connectivity index (χ2v) is 7.36. The molecule has 5 nitrogen and oxygen atoms in total. The topological polar surface area (TPSA) is 73.4 Å². The summed E-state index contributed by atoms with van der Waals surface area (Å²) in [5.41, 5.74) is 5.52. The molecule has 1 saturated heterocycles. The highest BCUT2D eigenvalue weighted by molar-refractivity contribution is 6.26. The molecule has 2 aliphatic rings. The maximum Gasteiger partial charge on any atom is 0.261 e. The van der Waals surface area contributed by atoms with Gasteiger partial charge < -0.3 is 15.0 Å². The molecular formula is C21H22N2O3. The molecule has 3 heterocycles. The van der Waals surface area contributed by atoms with Crippen LogP contribution in [0, 0.1) is 0 Å². The second-order valence-electron chi connectivity index (χ2n) is 7.36. The SMILES string of the molecule is CC(C)=CCc1cccc2[nH]c3c(c12)C[C@@H]1C(=O)/C(=C\O)C(=O)N1[C@H]3C. The van der Waals surface area contributed by atoms with E-state index in [4.69, 9.17) is 0 Å². The van der Waals surface area contributed by atoms with Crippen LogP contribution in [0.1, 0.15) is 43.6 Å². The van der Waals surface area contributed by atoms with Gasteiger partial charge in [0.05, 0.1) is 12.3 Å². The molecule has 26 heavy (non-hydrogen) atoms. The zero-order valence-corrected chi connectivity index (χ0v) is 15.2. The number of H-pyrrole nitrogens is 1. The van der Waals surface area contributed by atoms with E-state index in [2.05, 4.69) is 31.0 Å². The van der Waals surface area contributed by atoms with Gasteiger partial charge in [0.25, 0.3) is 5.91 Å². The number of ketones is 1. The lowest BCUT2D eigenvalue weighted by atomic mass is 9.90. The summed E-state index contributed by atoms with van der Waals surface area (Å²) in [6, 6.07) is 5.43. The lowest BCUT2D eigenvalue weighted by molar-refractivity contribution is -0.130. The molecule has 134 valence electrons. The minimum absolute atomic E-state index is 0.110. The Balaban J connectivity index is 1.87. The predicted molar refractivity (Wildman–Crippen MR) is 99.9 cm³/mol. The highest BCUT2D eigenvalue weighted by atomic mass is 16.2. The number of aromatic amines is 1. The molecule has 5 heteroatoms. The maximum atomic E-state index is 12.6. The summed E-state index contributed by atoms with van der Waals surface area (Å²) < 4.78 is 0. The van der Waals surface area contributed by atoms with Crippen molar-refractivity contribution < 1.29 is 14.7 Å². The summed E-state index contributed by atoms with van der Waals surface area (Å²) in [4.78, 5) is 30.2. The third-order valence-corrected chi connectivity index (χ3v) is 5.51. The van der Waals surface area contributed by atoms with Crippen molar-refractivity contribution in [2.75, 3.05) is 0 Å². The number of carbonyl (C=O) groups excluding carboxylic acids is 2. The third kappa shape index (κ3) is 2.23. The summed E-state index contributed by atoms with van der Waals surface area (Å²) >= 11 is 0. The van der Waals surface area contributed by atoms with Crippen LogP contribution in [0.15, 0.2) is 41.7 Å². The minimum atomic E-state index is -0.529. The number of hydrogen-bond acceptors (Lipinski definition) is 3. The lowest BCUT2D eigenvalue weighted by Gasteiger charge is -2.34. The quantitative estimate of drug-likeness (QED) is 0.377. The van der Waals surface area contributed by atoms with E-state index in [0.717, 1.165) is 28.6 Å². The molecule has 0 bridgehead atoms. The maximum absolute atomic E-state index is 12.6. The number of nitrogens with zero attached hydrogens (tertiary/aromatic N) is 1. The zero-order chi connectivity index (χ0) is 18.6. The Hall–Kier alpha value is -2.82. The van der Waals surface area contributed by atoms with E-state index >= 15 is 0 Å². The molecule has 1 aromatic carbocycles. The first-order valence-corrected chi connectivity index (χ1v) is 8.91. The van der Waals surface area contributed by atoms with Crippen LogP contribution in [0.25, 0.3) is 10.9 Å². The largest absolute Gasteiger partial charge is 0.515 e. The normalized spacial score (nSPS) is 23.5. The van der Waals surface area contributed by atoms with Gasteiger partial charge in [0.2, 0.25) is 0 Å². The fourth-order valence-corrected chi connectivity index (χ4v) is 4.25. The highest BCUT2D eigenvalue weighted by Gasteiger charge is 2.49. The molecule has 2 aliphatic heterocycles. The molecule has 1 fully saturated rings. The monoisotopic (exact) mass is 350 g/mol. The van der Waals surface area contributed by atoms with Gasteiger partial charge in [0.15, 0.2) is 5.78 Å². The molecule has 2 aromatic rings. The Morgan fingerprint density at radius 2 is 2.12 bits per heavy atom. The summed E-state index contributed by atoms with van der Waals surface area (Å²) in [6.45, 7) is 6.10. The molecule has 2 atom stereocenters. The smallest absolute Gasteiger partial charge is 0.261 e. The fraction of sp³-hybridized carbons (Fsp3) is 0.333. The first-order chi connectivity index (χ1) is 12.4. The van der Waals surface area contributed by atoms with E-state index < -0.39 is 6.04 Å².